The van der Waals surface area contributed by atoms with Crippen LogP contribution in [0.1, 0.15) is 44.8 Å². The van der Waals surface area contributed by atoms with E-state index in [2.05, 4.69) is 48.3 Å². The van der Waals surface area contributed by atoms with Crippen molar-refractivity contribution in [2.24, 2.45) is 0 Å². The van der Waals surface area contributed by atoms with Crippen molar-refractivity contribution in [3.8, 4) is 0 Å². The van der Waals surface area contributed by atoms with Crippen molar-refractivity contribution in [3.63, 3.8) is 0 Å². The monoisotopic (exact) mass is 402 g/mol. The van der Waals surface area contributed by atoms with E-state index >= 15 is 0 Å². The average Bonchev–Trinajstić information content (AvgIpc) is 3.10. The Balaban J connectivity index is 1.64. The lowest BCUT2D eigenvalue weighted by Crippen LogP contribution is -2.29. The van der Waals surface area contributed by atoms with Crippen molar-refractivity contribution in [3.05, 3.63) is 64.7 Å². The van der Waals surface area contributed by atoms with Crippen LogP contribution in [-0.4, -0.2) is 13.1 Å². The summed E-state index contributed by atoms with van der Waals surface area (Å²) in [6.07, 6.45) is 3.77. The van der Waals surface area contributed by atoms with Gasteiger partial charge in [-0.05, 0) is 43.5 Å². The number of benzene rings is 2. The van der Waals surface area contributed by atoms with Crippen LogP contribution in [0.25, 0.3) is 21.9 Å². The lowest BCUT2D eigenvalue weighted by atomic mass is 10.1. The molecule has 5 rings (SSSR count). The van der Waals surface area contributed by atoms with E-state index in [1.54, 1.807) is 6.07 Å². The van der Waals surface area contributed by atoms with E-state index in [9.17, 15) is 4.79 Å². The molecule has 2 aromatic heterocycles. The van der Waals surface area contributed by atoms with Crippen LogP contribution in [0.2, 0.25) is 0 Å². The van der Waals surface area contributed by atoms with E-state index in [4.69, 9.17) is 8.83 Å². The molecule has 0 atom stereocenters. The number of nitrogens with one attached hydrogen (secondary N) is 1. The minimum Gasteiger partial charge on any atom is -0.458 e. The van der Waals surface area contributed by atoms with Crippen molar-refractivity contribution in [1.82, 2.24) is 0 Å². The second kappa shape index (κ2) is 7.56. The third-order valence-electron chi connectivity index (χ3n) is 5.84. The predicted octanol–water partition coefficient (Wildman–Crippen LogP) is 6.40. The molecule has 1 aliphatic rings. The van der Waals surface area contributed by atoms with Gasteiger partial charge in [0.2, 0.25) is 0 Å². The van der Waals surface area contributed by atoms with Gasteiger partial charge in [-0.15, -0.1) is 0 Å². The highest BCUT2D eigenvalue weighted by atomic mass is 16.4. The molecule has 1 fully saturated rings. The first-order valence-electron chi connectivity index (χ1n) is 10.7. The lowest BCUT2D eigenvalue weighted by Gasteiger charge is -2.30. The maximum Gasteiger partial charge on any atom is 0.336 e. The Hall–Kier alpha value is -3.21. The smallest absolute Gasteiger partial charge is 0.336 e. The zero-order valence-corrected chi connectivity index (χ0v) is 17.4. The highest BCUT2D eigenvalue weighted by molar-refractivity contribution is 6.02. The van der Waals surface area contributed by atoms with Crippen LogP contribution < -0.4 is 15.8 Å². The quantitative estimate of drug-likeness (QED) is 0.400. The van der Waals surface area contributed by atoms with Crippen LogP contribution in [0.15, 0.2) is 62.2 Å². The molecule has 154 valence electrons. The van der Waals surface area contributed by atoms with Crippen molar-refractivity contribution < 1.29 is 8.83 Å². The van der Waals surface area contributed by atoms with Crippen molar-refractivity contribution in [2.75, 3.05) is 23.3 Å². The molecule has 0 bridgehead atoms. The van der Waals surface area contributed by atoms with Gasteiger partial charge < -0.3 is 19.1 Å². The van der Waals surface area contributed by atoms with Crippen molar-refractivity contribution >= 4 is 39.0 Å². The highest BCUT2D eigenvalue weighted by Crippen LogP contribution is 2.41. The molecular formula is C25H26N2O3. The van der Waals surface area contributed by atoms with Gasteiger partial charge in [0, 0.05) is 41.9 Å². The molecule has 5 nitrogen and oxygen atoms in total. The summed E-state index contributed by atoms with van der Waals surface area (Å²) in [6, 6.07) is 15.6. The Morgan fingerprint density at radius 2 is 1.73 bits per heavy atom. The summed E-state index contributed by atoms with van der Waals surface area (Å²) in [5.74, 6) is 1.10. The average molecular weight is 402 g/mol. The second-order valence-electron chi connectivity index (χ2n) is 8.33. The fourth-order valence-corrected chi connectivity index (χ4v) is 4.34. The Bertz CT molecular complexity index is 1260. The maximum atomic E-state index is 11.6. The van der Waals surface area contributed by atoms with E-state index in [0.717, 1.165) is 46.6 Å². The van der Waals surface area contributed by atoms with E-state index in [-0.39, 0.29) is 11.5 Å². The molecule has 4 aromatic rings. The number of piperidine rings is 1. The van der Waals surface area contributed by atoms with Crippen molar-refractivity contribution in [1.29, 1.82) is 0 Å². The molecule has 30 heavy (non-hydrogen) atoms. The summed E-state index contributed by atoms with van der Waals surface area (Å²) in [5.41, 5.74) is 4.21. The molecule has 0 amide bonds. The second-order valence-corrected chi connectivity index (χ2v) is 8.33. The molecule has 3 heterocycles. The third kappa shape index (κ3) is 3.34. The Kier molecular flexibility index (Phi) is 4.74. The first-order chi connectivity index (χ1) is 14.6. The zero-order valence-electron chi connectivity index (χ0n) is 17.4. The van der Waals surface area contributed by atoms with Gasteiger partial charge in [0.15, 0.2) is 0 Å². The van der Waals surface area contributed by atoms with E-state index in [1.165, 1.54) is 31.0 Å². The summed E-state index contributed by atoms with van der Waals surface area (Å²) in [4.78, 5) is 14.1. The molecule has 0 saturated carbocycles. The number of rotatable bonds is 4. The normalized spacial score (nSPS) is 14.7. The predicted molar refractivity (Wildman–Crippen MR) is 122 cm³/mol. The van der Waals surface area contributed by atoms with Crippen LogP contribution in [0.5, 0.6) is 0 Å². The van der Waals surface area contributed by atoms with E-state index < -0.39 is 0 Å². The number of fused-ring (bicyclic) bond motifs is 2. The summed E-state index contributed by atoms with van der Waals surface area (Å²) >= 11 is 0. The highest BCUT2D eigenvalue weighted by Gasteiger charge is 2.21. The van der Waals surface area contributed by atoms with Crippen molar-refractivity contribution in [2.45, 2.75) is 39.0 Å². The molecule has 0 radical (unpaired) electrons. The van der Waals surface area contributed by atoms with Gasteiger partial charge in [0.25, 0.3) is 0 Å². The van der Waals surface area contributed by atoms with Gasteiger partial charge in [-0.1, -0.05) is 26.0 Å². The molecule has 2 aromatic carbocycles. The van der Waals surface area contributed by atoms with Gasteiger partial charge >= 0.3 is 5.63 Å². The van der Waals surface area contributed by atoms with Gasteiger partial charge in [-0.2, -0.15) is 0 Å². The molecule has 0 aliphatic carbocycles. The Labute approximate surface area is 175 Å². The Morgan fingerprint density at radius 1 is 0.933 bits per heavy atom. The number of hydrogen-bond acceptors (Lipinski definition) is 5. The van der Waals surface area contributed by atoms with Crippen LogP contribution in [-0.2, 0) is 0 Å². The maximum absolute atomic E-state index is 11.6. The molecule has 0 unspecified atom stereocenters. The van der Waals surface area contributed by atoms with Gasteiger partial charge in [0.05, 0.1) is 17.1 Å². The van der Waals surface area contributed by atoms with Gasteiger partial charge in [0.1, 0.15) is 16.9 Å². The molecule has 1 saturated heterocycles. The summed E-state index contributed by atoms with van der Waals surface area (Å²) < 4.78 is 11.6. The largest absolute Gasteiger partial charge is 0.458 e. The summed E-state index contributed by atoms with van der Waals surface area (Å²) in [5, 5.41) is 5.57. The number of para-hydroxylation sites is 2. The Morgan fingerprint density at radius 3 is 2.53 bits per heavy atom. The summed E-state index contributed by atoms with van der Waals surface area (Å²) in [6.45, 7) is 6.43. The molecule has 0 spiro atoms. The fourth-order valence-electron chi connectivity index (χ4n) is 4.34. The molecule has 1 N–H and O–H groups in total. The topological polar surface area (TPSA) is 58.6 Å². The van der Waals surface area contributed by atoms with Gasteiger partial charge in [-0.3, -0.25) is 0 Å². The number of anilines is 3. The van der Waals surface area contributed by atoms with E-state index in [1.807, 2.05) is 12.1 Å². The molecular weight excluding hydrogens is 376 g/mol. The number of hydrogen-bond donors (Lipinski definition) is 1. The minimum absolute atomic E-state index is 0.206. The van der Waals surface area contributed by atoms with Crippen LogP contribution in [0.4, 0.5) is 17.1 Å². The fraction of sp³-hybridized carbons (Fsp3) is 0.320. The number of nitrogens with zero attached hydrogens (tertiary/aromatic N) is 1. The van der Waals surface area contributed by atoms with Crippen LogP contribution in [0.3, 0.4) is 0 Å². The van der Waals surface area contributed by atoms with Gasteiger partial charge in [-0.25, -0.2) is 4.79 Å². The van der Waals surface area contributed by atoms with Crippen LogP contribution >= 0.6 is 0 Å². The number of furan rings is 1. The lowest BCUT2D eigenvalue weighted by molar-refractivity contribution is 0.522. The third-order valence-corrected chi connectivity index (χ3v) is 5.84. The minimum atomic E-state index is -0.355. The SMILES string of the molecule is CC(C)c1oc2cc3oc(=O)ccc3cc2c1Nc1ccccc1N1CCCCC1. The van der Waals surface area contributed by atoms with Crippen LogP contribution in [0, 0.1) is 0 Å². The standard InChI is InChI=1S/C25H26N2O3/c1-16(2)25-24(18-14-17-10-11-23(28)29-21(17)15-22(18)30-25)26-19-8-4-5-9-20(19)27-12-6-3-7-13-27/h4-5,8-11,14-16,26H,3,6-7,12-13H2,1-2H3. The summed E-state index contributed by atoms with van der Waals surface area (Å²) in [7, 11) is 0. The first kappa shape index (κ1) is 18.8. The molecule has 1 aliphatic heterocycles. The first-order valence-corrected chi connectivity index (χ1v) is 10.7. The molecule has 5 heteroatoms. The zero-order chi connectivity index (χ0) is 20.7. The van der Waals surface area contributed by atoms with E-state index in [0.29, 0.717) is 5.58 Å².